The Morgan fingerprint density at radius 3 is 2.73 bits per heavy atom. The fourth-order valence-electron chi connectivity index (χ4n) is 4.85. The van der Waals surface area contributed by atoms with Crippen molar-refractivity contribution in [2.24, 2.45) is 0 Å². The molecule has 1 atom stereocenters. The summed E-state index contributed by atoms with van der Waals surface area (Å²) in [7, 11) is 4.47. The number of piperazine rings is 1. The van der Waals surface area contributed by atoms with E-state index in [2.05, 4.69) is 46.4 Å². The topological polar surface area (TPSA) is 137 Å². The summed E-state index contributed by atoms with van der Waals surface area (Å²) in [6, 6.07) is 7.34. The van der Waals surface area contributed by atoms with E-state index in [1.165, 1.54) is 12.4 Å². The number of fused-ring (bicyclic) bond motifs is 1. The third-order valence-electron chi connectivity index (χ3n) is 6.99. The van der Waals surface area contributed by atoms with Gasteiger partial charge in [-0.1, -0.05) is 6.58 Å². The molecule has 1 aromatic carbocycles. The molecule has 1 unspecified atom stereocenters. The molecule has 5 rings (SSSR count). The molecule has 3 aromatic heterocycles. The maximum absolute atomic E-state index is 12.3. The minimum atomic E-state index is -0.415. The first-order valence-electron chi connectivity index (χ1n) is 13.1. The van der Waals surface area contributed by atoms with Crippen molar-refractivity contribution in [1.29, 1.82) is 5.41 Å². The summed E-state index contributed by atoms with van der Waals surface area (Å²) in [5, 5.41) is 12.4. The Labute approximate surface area is 240 Å². The van der Waals surface area contributed by atoms with Gasteiger partial charge in [-0.15, -0.1) is 9.24 Å². The standard InChI is InChI=1S/C28H33N10O2P/c1-6-24(39)37-10-9-36(15-28(37,3)4)27-31-14-20-25(35-27)26(33-16-32-20)34-19-11-17(2)21(13-22(19)41)40-18-7-8-38(30-5)23(29)12-18/h6-8,11-14,16,29-30H,1,9-10,15,41H2,2-5H3,(H,32,33,34). The molecule has 1 saturated heterocycles. The van der Waals surface area contributed by atoms with Crippen LogP contribution in [0.4, 0.5) is 17.5 Å². The minimum absolute atomic E-state index is 0.0826. The lowest BCUT2D eigenvalue weighted by Crippen LogP contribution is -2.61. The lowest BCUT2D eigenvalue weighted by atomic mass is 9.99. The first-order valence-corrected chi connectivity index (χ1v) is 13.6. The third kappa shape index (κ3) is 5.69. The monoisotopic (exact) mass is 572 g/mol. The number of benzene rings is 1. The summed E-state index contributed by atoms with van der Waals surface area (Å²) in [5.41, 5.74) is 5.69. The molecule has 13 heteroatoms. The van der Waals surface area contributed by atoms with Crippen LogP contribution in [-0.4, -0.2) is 67.6 Å². The van der Waals surface area contributed by atoms with Gasteiger partial charge in [-0.05, 0) is 55.9 Å². The lowest BCUT2D eigenvalue weighted by Gasteiger charge is -2.46. The summed E-state index contributed by atoms with van der Waals surface area (Å²) in [6.07, 6.45) is 6.27. The van der Waals surface area contributed by atoms with Gasteiger partial charge in [-0.2, -0.15) is 0 Å². The van der Waals surface area contributed by atoms with Gasteiger partial charge in [0.25, 0.3) is 0 Å². The second kappa shape index (κ2) is 11.1. The summed E-state index contributed by atoms with van der Waals surface area (Å²) in [6.45, 7) is 11.4. The number of carbonyl (C=O) groups is 1. The van der Waals surface area contributed by atoms with Crippen LogP contribution in [0.25, 0.3) is 11.0 Å². The summed E-state index contributed by atoms with van der Waals surface area (Å²) in [5.74, 6) is 2.26. The number of amides is 1. The number of nitrogens with one attached hydrogen (secondary N) is 3. The predicted molar refractivity (Wildman–Crippen MR) is 163 cm³/mol. The lowest BCUT2D eigenvalue weighted by molar-refractivity contribution is -0.131. The van der Waals surface area contributed by atoms with Gasteiger partial charge in [-0.3, -0.25) is 14.9 Å². The molecule has 0 spiro atoms. The van der Waals surface area contributed by atoms with Crippen molar-refractivity contribution >= 4 is 48.9 Å². The SMILES string of the molecule is C=CC(=O)N1CCN(c2ncc3ncnc(Nc4cc(C)c(Oc5ccn(NC)c(=N)c5)cc4P)c3n2)CC1(C)C. The fourth-order valence-corrected chi connectivity index (χ4v) is 5.16. The van der Waals surface area contributed by atoms with E-state index in [0.717, 1.165) is 16.6 Å². The van der Waals surface area contributed by atoms with Gasteiger partial charge in [0.05, 0.1) is 11.7 Å². The summed E-state index contributed by atoms with van der Waals surface area (Å²) >= 11 is 0. The molecule has 3 N–H and O–H groups in total. The first kappa shape index (κ1) is 28.0. The molecule has 0 saturated carbocycles. The minimum Gasteiger partial charge on any atom is -0.457 e. The highest BCUT2D eigenvalue weighted by molar-refractivity contribution is 7.28. The van der Waals surface area contributed by atoms with Crippen molar-refractivity contribution in [2.45, 2.75) is 26.3 Å². The number of hydrogen-bond acceptors (Lipinski definition) is 10. The van der Waals surface area contributed by atoms with E-state index in [1.54, 1.807) is 36.3 Å². The average molecular weight is 573 g/mol. The molecule has 0 bridgehead atoms. The van der Waals surface area contributed by atoms with E-state index in [1.807, 2.05) is 37.8 Å². The van der Waals surface area contributed by atoms with Gasteiger partial charge < -0.3 is 25.3 Å². The van der Waals surface area contributed by atoms with Crippen LogP contribution in [0.5, 0.6) is 11.5 Å². The molecule has 0 aliphatic carbocycles. The van der Waals surface area contributed by atoms with E-state index in [9.17, 15) is 4.79 Å². The van der Waals surface area contributed by atoms with E-state index < -0.39 is 5.54 Å². The molecule has 1 amide bonds. The first-order chi connectivity index (χ1) is 19.6. The third-order valence-corrected chi connectivity index (χ3v) is 7.46. The Hall–Kier alpha value is -4.57. The van der Waals surface area contributed by atoms with Crippen molar-refractivity contribution in [3.8, 4) is 11.5 Å². The van der Waals surface area contributed by atoms with Crippen LogP contribution in [0.1, 0.15) is 19.4 Å². The molecule has 212 valence electrons. The average Bonchev–Trinajstić information content (AvgIpc) is 2.94. The summed E-state index contributed by atoms with van der Waals surface area (Å²) < 4.78 is 7.67. The van der Waals surface area contributed by atoms with Crippen LogP contribution in [0.15, 0.2) is 55.6 Å². The summed E-state index contributed by atoms with van der Waals surface area (Å²) in [4.78, 5) is 34.5. The molecule has 4 aromatic rings. The molecule has 1 fully saturated rings. The highest BCUT2D eigenvalue weighted by Crippen LogP contribution is 2.30. The van der Waals surface area contributed by atoms with Gasteiger partial charge in [0.1, 0.15) is 34.3 Å². The Bertz CT molecular complexity index is 1700. The Morgan fingerprint density at radius 1 is 1.22 bits per heavy atom. The van der Waals surface area contributed by atoms with Gasteiger partial charge in [-0.25, -0.2) is 19.9 Å². The molecule has 1 aliphatic heterocycles. The number of rotatable bonds is 7. The number of anilines is 3. The predicted octanol–water partition coefficient (Wildman–Crippen LogP) is 2.83. The molecule has 0 radical (unpaired) electrons. The highest BCUT2D eigenvalue weighted by Gasteiger charge is 2.36. The van der Waals surface area contributed by atoms with Gasteiger partial charge in [0, 0.05) is 44.6 Å². The Balaban J connectivity index is 1.40. The van der Waals surface area contributed by atoms with Gasteiger partial charge in [0.15, 0.2) is 5.82 Å². The van der Waals surface area contributed by atoms with Crippen molar-refractivity contribution < 1.29 is 9.53 Å². The van der Waals surface area contributed by atoms with Crippen LogP contribution >= 0.6 is 9.24 Å². The van der Waals surface area contributed by atoms with Crippen LogP contribution in [0.2, 0.25) is 0 Å². The quantitative estimate of drug-likeness (QED) is 0.226. The molecular formula is C28H33N10O2P. The van der Waals surface area contributed by atoms with E-state index in [4.69, 9.17) is 15.1 Å². The van der Waals surface area contributed by atoms with Crippen molar-refractivity contribution in [3.05, 3.63) is 66.7 Å². The van der Waals surface area contributed by atoms with Crippen LogP contribution in [0, 0.1) is 12.3 Å². The number of ether oxygens (including phenoxy) is 1. The number of aromatic nitrogens is 5. The molecule has 41 heavy (non-hydrogen) atoms. The van der Waals surface area contributed by atoms with Gasteiger partial charge in [0.2, 0.25) is 11.9 Å². The van der Waals surface area contributed by atoms with E-state index >= 15 is 0 Å². The molecular weight excluding hydrogens is 539 g/mol. The number of pyridine rings is 1. The second-order valence-electron chi connectivity index (χ2n) is 10.3. The van der Waals surface area contributed by atoms with Crippen molar-refractivity contribution in [1.82, 2.24) is 29.5 Å². The number of aryl methyl sites for hydroxylation is 1. The van der Waals surface area contributed by atoms with Crippen LogP contribution in [-0.2, 0) is 4.79 Å². The zero-order chi connectivity index (χ0) is 29.3. The fraction of sp³-hybridized carbons (Fsp3) is 0.286. The smallest absolute Gasteiger partial charge is 0.246 e. The van der Waals surface area contributed by atoms with Crippen molar-refractivity contribution in [2.75, 3.05) is 42.3 Å². The number of carbonyl (C=O) groups excluding carboxylic acids is 1. The number of nitrogens with zero attached hydrogens (tertiary/aromatic N) is 7. The second-order valence-corrected chi connectivity index (χ2v) is 10.9. The highest BCUT2D eigenvalue weighted by atomic mass is 31.0. The molecule has 4 heterocycles. The largest absolute Gasteiger partial charge is 0.457 e. The Kier molecular flexibility index (Phi) is 7.59. The van der Waals surface area contributed by atoms with Crippen molar-refractivity contribution in [3.63, 3.8) is 0 Å². The van der Waals surface area contributed by atoms with Gasteiger partial charge >= 0.3 is 0 Å². The molecule has 1 aliphatic rings. The van der Waals surface area contributed by atoms with E-state index in [-0.39, 0.29) is 11.4 Å². The normalized spacial score (nSPS) is 14.6. The van der Waals surface area contributed by atoms with Crippen LogP contribution in [0.3, 0.4) is 0 Å². The maximum atomic E-state index is 12.3. The zero-order valence-electron chi connectivity index (χ0n) is 23.5. The maximum Gasteiger partial charge on any atom is 0.246 e. The van der Waals surface area contributed by atoms with Crippen LogP contribution < -0.4 is 31.2 Å². The molecule has 12 nitrogen and oxygen atoms in total. The van der Waals surface area contributed by atoms with E-state index in [0.29, 0.717) is 53.9 Å². The zero-order valence-corrected chi connectivity index (χ0v) is 24.6. The Morgan fingerprint density at radius 2 is 2.02 bits per heavy atom. The number of hydrogen-bond donors (Lipinski definition) is 3.